The minimum atomic E-state index is -0.0994. The Bertz CT molecular complexity index is 1440. The summed E-state index contributed by atoms with van der Waals surface area (Å²) in [5.74, 6) is 2.66. The molecule has 0 N–H and O–H groups in total. The largest absolute Gasteiger partial charge is 0.487 e. The number of halogens is 1. The van der Waals surface area contributed by atoms with Crippen molar-refractivity contribution in [1.82, 2.24) is 0 Å². The molecule has 2 aliphatic heterocycles. The first-order chi connectivity index (χ1) is 30.3. The molecule has 0 radical (unpaired) electrons. The quantitative estimate of drug-likeness (QED) is 0.0547. The van der Waals surface area contributed by atoms with Crippen molar-refractivity contribution in [2.75, 3.05) is 119 Å². The number of rotatable bonds is 34. The summed E-state index contributed by atoms with van der Waals surface area (Å²) in [7, 11) is 0. The van der Waals surface area contributed by atoms with Gasteiger partial charge >= 0.3 is 0 Å². The van der Waals surface area contributed by atoms with Gasteiger partial charge < -0.3 is 66.3 Å². The van der Waals surface area contributed by atoms with Gasteiger partial charge in [0.25, 0.3) is 0 Å². The van der Waals surface area contributed by atoms with Gasteiger partial charge in [0.05, 0.1) is 92.5 Å². The Morgan fingerprint density at radius 1 is 0.393 bits per heavy atom. The van der Waals surface area contributed by atoms with E-state index in [2.05, 4.69) is 15.9 Å². The molecule has 2 unspecified atom stereocenters. The summed E-state index contributed by atoms with van der Waals surface area (Å²) in [5.41, 5.74) is 2.07. The molecule has 0 spiro atoms. The molecule has 3 aromatic rings. The Hall–Kier alpha value is -3.06. The van der Waals surface area contributed by atoms with Gasteiger partial charge in [-0.25, -0.2) is 0 Å². The van der Waals surface area contributed by atoms with Crippen LogP contribution in [-0.4, -0.2) is 132 Å². The van der Waals surface area contributed by atoms with Gasteiger partial charge in [-0.3, -0.25) is 0 Å². The first-order valence-electron chi connectivity index (χ1n) is 21.6. The van der Waals surface area contributed by atoms with E-state index in [1.165, 1.54) is 0 Å². The second-order valence-corrected chi connectivity index (χ2v) is 14.9. The highest BCUT2D eigenvalue weighted by Crippen LogP contribution is 2.28. The molecule has 2 atom stereocenters. The van der Waals surface area contributed by atoms with Crippen molar-refractivity contribution in [2.24, 2.45) is 0 Å². The molecule has 15 heteroatoms. The van der Waals surface area contributed by atoms with Crippen molar-refractivity contribution in [3.05, 3.63) is 82.3 Å². The summed E-state index contributed by atoms with van der Waals surface area (Å²) in [6.07, 6.45) is 6.20. The lowest BCUT2D eigenvalue weighted by atomic mass is 10.1. The van der Waals surface area contributed by atoms with Crippen LogP contribution in [0.4, 0.5) is 0 Å². The predicted molar refractivity (Wildman–Crippen MR) is 231 cm³/mol. The van der Waals surface area contributed by atoms with Gasteiger partial charge in [0.2, 0.25) is 0 Å². The van der Waals surface area contributed by atoms with E-state index in [4.69, 9.17) is 66.3 Å². The third-order valence-electron chi connectivity index (χ3n) is 9.40. The molecule has 2 heterocycles. The average Bonchev–Trinajstić information content (AvgIpc) is 3.30. The van der Waals surface area contributed by atoms with E-state index >= 15 is 0 Å². The van der Waals surface area contributed by atoms with E-state index in [0.717, 1.165) is 67.3 Å². The van der Waals surface area contributed by atoms with Crippen LogP contribution in [0.15, 0.2) is 71.2 Å². The van der Waals surface area contributed by atoms with Crippen LogP contribution in [0, 0.1) is 0 Å². The maximum atomic E-state index is 5.91. The zero-order valence-electron chi connectivity index (χ0n) is 35.5. The van der Waals surface area contributed by atoms with Crippen molar-refractivity contribution in [3.63, 3.8) is 0 Å². The summed E-state index contributed by atoms with van der Waals surface area (Å²) in [6.45, 7) is 9.60. The molecule has 61 heavy (non-hydrogen) atoms. The Balaban J connectivity index is 0.829. The van der Waals surface area contributed by atoms with Crippen LogP contribution in [0.5, 0.6) is 23.0 Å². The van der Waals surface area contributed by atoms with Crippen molar-refractivity contribution in [3.8, 4) is 23.0 Å². The molecule has 0 aromatic heterocycles. The van der Waals surface area contributed by atoms with Gasteiger partial charge in [0, 0.05) is 17.7 Å². The van der Waals surface area contributed by atoms with E-state index in [1.807, 2.05) is 66.7 Å². The first kappa shape index (κ1) is 49.0. The van der Waals surface area contributed by atoms with Crippen LogP contribution < -0.4 is 18.9 Å². The number of hydrogen-bond donors (Lipinski definition) is 0. The standard InChI is InChI=1S/C46H65BrO14/c47-46-38(36-52-22-20-48-24-30-54-40-12-1-3-14-42(40)56-32-26-50-28-34-60-44-16-5-7-18-58-44)10-9-11-39(46)37-53-23-21-49-25-31-55-41-13-2-4-15-43(41)57-33-27-51-29-35-61-45-17-6-8-19-59-45/h1-4,9-15,44-45H,5-8,16-37H2. The minimum absolute atomic E-state index is 0.0994. The smallest absolute Gasteiger partial charge is 0.161 e. The summed E-state index contributed by atoms with van der Waals surface area (Å²) in [6, 6.07) is 21.2. The molecule has 2 aliphatic rings. The summed E-state index contributed by atoms with van der Waals surface area (Å²) >= 11 is 3.72. The van der Waals surface area contributed by atoms with Gasteiger partial charge in [-0.1, -0.05) is 58.4 Å². The van der Waals surface area contributed by atoms with E-state index in [9.17, 15) is 0 Å². The van der Waals surface area contributed by atoms with Gasteiger partial charge in [0.15, 0.2) is 35.6 Å². The number of hydrogen-bond acceptors (Lipinski definition) is 14. The molecule has 2 fully saturated rings. The second-order valence-electron chi connectivity index (χ2n) is 14.1. The highest BCUT2D eigenvalue weighted by Gasteiger charge is 2.15. The van der Waals surface area contributed by atoms with Crippen LogP contribution in [0.2, 0.25) is 0 Å². The Morgan fingerprint density at radius 3 is 1.10 bits per heavy atom. The molecule has 0 saturated carbocycles. The van der Waals surface area contributed by atoms with Crippen molar-refractivity contribution >= 4 is 15.9 Å². The first-order valence-corrected chi connectivity index (χ1v) is 22.4. The predicted octanol–water partition coefficient (Wildman–Crippen LogP) is 7.55. The molecule has 0 aliphatic carbocycles. The average molecular weight is 922 g/mol. The normalized spacial score (nSPS) is 16.7. The Kier molecular flexibility index (Phi) is 25.5. The van der Waals surface area contributed by atoms with Crippen LogP contribution >= 0.6 is 15.9 Å². The fourth-order valence-electron chi connectivity index (χ4n) is 6.25. The van der Waals surface area contributed by atoms with Gasteiger partial charge in [-0.05, 0) is 73.9 Å². The van der Waals surface area contributed by atoms with Gasteiger partial charge in [0.1, 0.15) is 26.4 Å². The van der Waals surface area contributed by atoms with Gasteiger partial charge in [-0.15, -0.1) is 0 Å². The number of ether oxygens (including phenoxy) is 14. The summed E-state index contributed by atoms with van der Waals surface area (Å²) < 4.78 is 81.6. The van der Waals surface area contributed by atoms with Crippen molar-refractivity contribution in [1.29, 1.82) is 0 Å². The van der Waals surface area contributed by atoms with Crippen molar-refractivity contribution in [2.45, 2.75) is 64.3 Å². The topological polar surface area (TPSA) is 129 Å². The molecular weight excluding hydrogens is 856 g/mol. The van der Waals surface area contributed by atoms with Crippen LogP contribution in [0.25, 0.3) is 0 Å². The second kappa shape index (κ2) is 31.7. The fourth-order valence-corrected chi connectivity index (χ4v) is 6.74. The van der Waals surface area contributed by atoms with Crippen LogP contribution in [0.1, 0.15) is 49.7 Å². The lowest BCUT2D eigenvalue weighted by Crippen LogP contribution is -2.24. The SMILES string of the molecule is Brc1c(COCCOCCOc2ccccc2OCCOCCOC2CCCCO2)cccc1COCCOCCOc1ccccc1OCCOCCOC1CCCCO1. The van der Waals surface area contributed by atoms with E-state index in [1.54, 1.807) is 0 Å². The molecule has 2 saturated heterocycles. The van der Waals surface area contributed by atoms with Gasteiger partial charge in [-0.2, -0.15) is 0 Å². The molecule has 340 valence electrons. The number of benzene rings is 3. The molecule has 3 aromatic carbocycles. The van der Waals surface area contributed by atoms with E-state index < -0.39 is 0 Å². The molecule has 14 nitrogen and oxygen atoms in total. The minimum Gasteiger partial charge on any atom is -0.487 e. The lowest BCUT2D eigenvalue weighted by Gasteiger charge is -2.22. The zero-order chi connectivity index (χ0) is 42.3. The van der Waals surface area contributed by atoms with Crippen molar-refractivity contribution < 1.29 is 66.3 Å². The maximum absolute atomic E-state index is 5.91. The molecule has 5 rings (SSSR count). The Labute approximate surface area is 369 Å². The molecule has 0 amide bonds. The number of para-hydroxylation sites is 4. The highest BCUT2D eigenvalue weighted by molar-refractivity contribution is 9.10. The molecule has 0 bridgehead atoms. The van der Waals surface area contributed by atoms with E-state index in [0.29, 0.717) is 142 Å². The Morgan fingerprint density at radius 2 is 0.738 bits per heavy atom. The third kappa shape index (κ3) is 20.8. The fraction of sp³-hybridized carbons (Fsp3) is 0.609. The maximum Gasteiger partial charge on any atom is 0.161 e. The monoisotopic (exact) mass is 920 g/mol. The summed E-state index contributed by atoms with van der Waals surface area (Å²) in [4.78, 5) is 0. The highest BCUT2D eigenvalue weighted by atomic mass is 79.9. The lowest BCUT2D eigenvalue weighted by molar-refractivity contribution is -0.169. The molecular formula is C46H65BrO14. The third-order valence-corrected chi connectivity index (χ3v) is 10.4. The summed E-state index contributed by atoms with van der Waals surface area (Å²) in [5, 5.41) is 0. The van der Waals surface area contributed by atoms with E-state index in [-0.39, 0.29) is 12.6 Å². The van der Waals surface area contributed by atoms with Crippen LogP contribution in [-0.2, 0) is 60.6 Å². The van der Waals surface area contributed by atoms with Crippen LogP contribution in [0.3, 0.4) is 0 Å². The zero-order valence-corrected chi connectivity index (χ0v) is 37.1.